The van der Waals surface area contributed by atoms with Gasteiger partial charge >= 0.3 is 0 Å². The minimum absolute atomic E-state index is 0.0701. The van der Waals surface area contributed by atoms with Crippen LogP contribution in [0.2, 0.25) is 0 Å². The van der Waals surface area contributed by atoms with E-state index in [2.05, 4.69) is 0 Å². The van der Waals surface area contributed by atoms with Gasteiger partial charge in [-0.15, -0.1) is 0 Å². The maximum absolute atomic E-state index is 13.0. The lowest BCUT2D eigenvalue weighted by atomic mass is 9.81. The zero-order valence-corrected chi connectivity index (χ0v) is 16.3. The molecule has 4 amide bonds. The maximum atomic E-state index is 13.0. The van der Waals surface area contributed by atoms with Crippen LogP contribution in [-0.2, 0) is 19.2 Å². The second kappa shape index (κ2) is 6.00. The van der Waals surface area contributed by atoms with E-state index < -0.39 is 0 Å². The first kappa shape index (κ1) is 17.4. The fraction of sp³-hybridized carbons (Fsp3) is 0.565. The maximum Gasteiger partial charge on any atom is 0.237 e. The van der Waals surface area contributed by atoms with Crippen LogP contribution < -0.4 is 9.80 Å². The normalized spacial score (nSPS) is 38.2. The highest BCUT2D eigenvalue weighted by Crippen LogP contribution is 2.56. The predicted molar refractivity (Wildman–Crippen MR) is 105 cm³/mol. The first-order chi connectivity index (χ1) is 14.1. The molecule has 2 heterocycles. The average Bonchev–Trinajstić information content (AvgIpc) is 3.47. The van der Waals surface area contributed by atoms with Crippen LogP contribution in [0.3, 0.4) is 0 Å². The Morgan fingerprint density at radius 2 is 1.00 bits per heavy atom. The Bertz CT molecular complexity index is 887. The summed E-state index contributed by atoms with van der Waals surface area (Å²) in [6.45, 7) is 0. The lowest BCUT2D eigenvalue weighted by Gasteiger charge is -2.19. The van der Waals surface area contributed by atoms with Crippen LogP contribution in [0.5, 0.6) is 0 Å². The molecule has 0 unspecified atom stereocenters. The van der Waals surface area contributed by atoms with E-state index in [9.17, 15) is 19.2 Å². The predicted octanol–water partition coefficient (Wildman–Crippen LogP) is 2.90. The van der Waals surface area contributed by atoms with Crippen LogP contribution in [0.1, 0.15) is 44.9 Å². The molecule has 2 saturated heterocycles. The molecular weight excluding hydrogens is 368 g/mol. The van der Waals surface area contributed by atoms with Gasteiger partial charge in [0.15, 0.2) is 0 Å². The molecule has 0 radical (unpaired) electrons. The van der Waals surface area contributed by atoms with Crippen LogP contribution in [0.15, 0.2) is 24.3 Å². The number of nitrogens with zero attached hydrogens (tertiary/aromatic N) is 2. The average molecular weight is 392 g/mol. The largest absolute Gasteiger partial charge is 0.274 e. The third-order valence-electron chi connectivity index (χ3n) is 8.13. The summed E-state index contributed by atoms with van der Waals surface area (Å²) >= 11 is 0. The van der Waals surface area contributed by atoms with E-state index >= 15 is 0 Å². The number of hydrogen-bond donors (Lipinski definition) is 0. The fourth-order valence-electron chi connectivity index (χ4n) is 6.83. The van der Waals surface area contributed by atoms with Crippen molar-refractivity contribution in [1.82, 2.24) is 0 Å². The number of imide groups is 2. The molecule has 3 saturated carbocycles. The third kappa shape index (κ3) is 2.23. The number of anilines is 2. The molecule has 29 heavy (non-hydrogen) atoms. The smallest absolute Gasteiger partial charge is 0.237 e. The van der Waals surface area contributed by atoms with E-state index in [0.717, 1.165) is 44.9 Å². The van der Waals surface area contributed by atoms with E-state index in [-0.39, 0.29) is 47.3 Å². The van der Waals surface area contributed by atoms with Crippen molar-refractivity contribution in [2.75, 3.05) is 9.80 Å². The van der Waals surface area contributed by atoms with Gasteiger partial charge in [0, 0.05) is 0 Å². The Balaban J connectivity index is 1.28. The molecule has 150 valence electrons. The summed E-state index contributed by atoms with van der Waals surface area (Å²) in [7, 11) is 0. The summed E-state index contributed by atoms with van der Waals surface area (Å²) < 4.78 is 0. The number of fused-ring (bicyclic) bond motifs is 6. The minimum atomic E-state index is -0.187. The highest BCUT2D eigenvalue weighted by atomic mass is 16.2. The van der Waals surface area contributed by atoms with Gasteiger partial charge in [-0.2, -0.15) is 0 Å². The van der Waals surface area contributed by atoms with Crippen molar-refractivity contribution in [3.8, 4) is 0 Å². The van der Waals surface area contributed by atoms with Crippen molar-refractivity contribution in [2.45, 2.75) is 44.9 Å². The van der Waals surface area contributed by atoms with Crippen molar-refractivity contribution in [1.29, 1.82) is 0 Å². The highest BCUT2D eigenvalue weighted by molar-refractivity contribution is 6.24. The first-order valence-corrected chi connectivity index (χ1v) is 10.9. The van der Waals surface area contributed by atoms with E-state index in [4.69, 9.17) is 0 Å². The SMILES string of the molecule is O=C1[C@@H]2[C@H]3CC[C@@H](C3)[C@@H]2C(=O)N1c1ccc(N2C(=O)[C@H]3CCCC[C@H]3C2=O)cc1. The fourth-order valence-corrected chi connectivity index (χ4v) is 6.83. The van der Waals surface area contributed by atoms with Gasteiger partial charge in [-0.3, -0.25) is 29.0 Å². The summed E-state index contributed by atoms with van der Waals surface area (Å²) in [5, 5.41) is 0. The van der Waals surface area contributed by atoms with E-state index in [1.165, 1.54) is 9.80 Å². The van der Waals surface area contributed by atoms with Crippen molar-refractivity contribution in [2.24, 2.45) is 35.5 Å². The molecule has 0 aromatic heterocycles. The Morgan fingerprint density at radius 1 is 0.586 bits per heavy atom. The molecule has 2 bridgehead atoms. The Labute approximate surface area is 169 Å². The summed E-state index contributed by atoms with van der Waals surface area (Å²) in [4.78, 5) is 54.2. The standard InChI is InChI=1S/C23H24N2O4/c26-20-16-3-1-2-4-17(16)21(27)24(20)14-7-9-15(10-8-14)25-22(28)18-12-5-6-13(11-12)19(18)23(25)29/h7-10,12-13,16-19H,1-6,11H2/t12-,13-,16-,17+,18-,19+/m0/s1. The van der Waals surface area contributed by atoms with Gasteiger partial charge < -0.3 is 0 Å². The monoisotopic (exact) mass is 392 g/mol. The van der Waals surface area contributed by atoms with Crippen LogP contribution in [-0.4, -0.2) is 23.6 Å². The van der Waals surface area contributed by atoms with Gasteiger partial charge in [-0.1, -0.05) is 12.8 Å². The zero-order valence-electron chi connectivity index (χ0n) is 16.3. The van der Waals surface area contributed by atoms with Gasteiger partial charge in [0.25, 0.3) is 0 Å². The Morgan fingerprint density at radius 3 is 1.45 bits per heavy atom. The number of amides is 4. The molecule has 3 aliphatic carbocycles. The zero-order chi connectivity index (χ0) is 19.9. The summed E-state index contributed by atoms with van der Waals surface area (Å²) in [6.07, 6.45) is 6.68. The number of hydrogen-bond acceptors (Lipinski definition) is 4. The van der Waals surface area contributed by atoms with Crippen LogP contribution in [0.25, 0.3) is 0 Å². The molecule has 1 aromatic rings. The van der Waals surface area contributed by atoms with Gasteiger partial charge in [0.2, 0.25) is 23.6 Å². The molecule has 1 aromatic carbocycles. The Hall–Kier alpha value is -2.50. The Kier molecular flexibility index (Phi) is 3.59. The van der Waals surface area contributed by atoms with Crippen LogP contribution in [0.4, 0.5) is 11.4 Å². The van der Waals surface area contributed by atoms with Crippen molar-refractivity contribution >= 4 is 35.0 Å². The molecule has 6 nitrogen and oxygen atoms in total. The summed E-state index contributed by atoms with van der Waals surface area (Å²) in [6, 6.07) is 6.81. The topological polar surface area (TPSA) is 74.8 Å². The minimum Gasteiger partial charge on any atom is -0.274 e. The third-order valence-corrected chi connectivity index (χ3v) is 8.13. The number of carbonyl (C=O) groups is 4. The first-order valence-electron chi connectivity index (χ1n) is 10.9. The number of benzene rings is 1. The molecule has 0 N–H and O–H groups in total. The van der Waals surface area contributed by atoms with Gasteiger partial charge in [-0.25, -0.2) is 0 Å². The molecule has 6 heteroatoms. The van der Waals surface area contributed by atoms with E-state index in [1.54, 1.807) is 24.3 Å². The second-order valence-electron chi connectivity index (χ2n) is 9.42. The molecular formula is C23H24N2O4. The van der Waals surface area contributed by atoms with Crippen LogP contribution in [0, 0.1) is 35.5 Å². The van der Waals surface area contributed by atoms with Gasteiger partial charge in [0.05, 0.1) is 35.0 Å². The molecule has 5 fully saturated rings. The molecule has 2 aliphatic heterocycles. The lowest BCUT2D eigenvalue weighted by molar-refractivity contribution is -0.124. The number of rotatable bonds is 2. The summed E-state index contributed by atoms with van der Waals surface area (Å²) in [5.74, 6) is -0.309. The van der Waals surface area contributed by atoms with Crippen molar-refractivity contribution in [3.05, 3.63) is 24.3 Å². The molecule has 6 rings (SSSR count). The van der Waals surface area contributed by atoms with Crippen molar-refractivity contribution < 1.29 is 19.2 Å². The lowest BCUT2D eigenvalue weighted by Crippen LogP contribution is -2.33. The molecule has 6 atom stereocenters. The number of carbonyl (C=O) groups excluding carboxylic acids is 4. The van der Waals surface area contributed by atoms with Gasteiger partial charge in [-0.05, 0) is 68.2 Å². The molecule has 5 aliphatic rings. The molecule has 0 spiro atoms. The quantitative estimate of drug-likeness (QED) is 0.726. The second-order valence-corrected chi connectivity index (χ2v) is 9.42. The van der Waals surface area contributed by atoms with Gasteiger partial charge in [0.1, 0.15) is 0 Å². The van der Waals surface area contributed by atoms with Crippen molar-refractivity contribution in [3.63, 3.8) is 0 Å². The van der Waals surface area contributed by atoms with E-state index in [0.29, 0.717) is 23.2 Å². The van der Waals surface area contributed by atoms with E-state index in [1.807, 2.05) is 0 Å². The highest BCUT2D eigenvalue weighted by Gasteiger charge is 2.61. The van der Waals surface area contributed by atoms with Crippen LogP contribution >= 0.6 is 0 Å². The summed E-state index contributed by atoms with van der Waals surface area (Å²) in [5.41, 5.74) is 1.09.